The maximum atomic E-state index is 11.6. The normalized spacial score (nSPS) is 10.6. The van der Waals surface area contributed by atoms with E-state index >= 15 is 0 Å². The summed E-state index contributed by atoms with van der Waals surface area (Å²) in [5.74, 6) is -0.359. The third-order valence-corrected chi connectivity index (χ3v) is 3.25. The van der Waals surface area contributed by atoms with Crippen LogP contribution in [0, 0.1) is 10.1 Å². The van der Waals surface area contributed by atoms with Gasteiger partial charge in [-0.25, -0.2) is 4.57 Å². The summed E-state index contributed by atoms with van der Waals surface area (Å²) in [5, 5.41) is 10.6. The zero-order valence-electron chi connectivity index (χ0n) is 8.87. The van der Waals surface area contributed by atoms with Gasteiger partial charge in [0.2, 0.25) is 5.91 Å². The van der Waals surface area contributed by atoms with E-state index in [-0.39, 0.29) is 18.0 Å². The first-order chi connectivity index (χ1) is 8.04. The highest BCUT2D eigenvalue weighted by molar-refractivity contribution is 7.16. The van der Waals surface area contributed by atoms with Gasteiger partial charge in [-0.2, -0.15) is 0 Å². The quantitative estimate of drug-likeness (QED) is 0.604. The molecule has 88 valence electrons. The number of non-ortho nitro benzene ring substituents is 1. The van der Waals surface area contributed by atoms with E-state index in [0.717, 1.165) is 15.9 Å². The number of rotatable bonds is 2. The highest BCUT2D eigenvalue weighted by Crippen LogP contribution is 2.22. The number of carbonyl (C=O) groups excluding carboxylic acids is 1. The molecule has 0 aliphatic heterocycles. The lowest BCUT2D eigenvalue weighted by atomic mass is 10.3. The standard InChI is InChI=1S/C10H8N2O4S/c1-2-9(13)11-7-5-6(12(15)16)3-4-8(7)17-10(11)14/h3-5H,2H2,1H3. The van der Waals surface area contributed by atoms with Gasteiger partial charge >= 0.3 is 4.87 Å². The smallest absolute Gasteiger partial charge is 0.274 e. The topological polar surface area (TPSA) is 82.2 Å². The Hall–Kier alpha value is -2.02. The fraction of sp³-hybridized carbons (Fsp3) is 0.200. The van der Waals surface area contributed by atoms with E-state index in [1.54, 1.807) is 6.92 Å². The molecule has 1 aromatic heterocycles. The minimum absolute atomic E-state index is 0.132. The maximum absolute atomic E-state index is 11.6. The molecule has 0 aliphatic carbocycles. The molecule has 0 spiro atoms. The Labute approximate surface area is 99.3 Å². The molecule has 0 aliphatic rings. The van der Waals surface area contributed by atoms with Crippen LogP contribution in [0.3, 0.4) is 0 Å². The van der Waals surface area contributed by atoms with Gasteiger partial charge in [0.1, 0.15) is 0 Å². The fourth-order valence-electron chi connectivity index (χ4n) is 1.51. The Kier molecular flexibility index (Phi) is 2.76. The number of nitro groups is 1. The maximum Gasteiger partial charge on any atom is 0.314 e. The summed E-state index contributed by atoms with van der Waals surface area (Å²) in [6, 6.07) is 4.05. The van der Waals surface area contributed by atoms with Crippen molar-refractivity contribution in [2.24, 2.45) is 0 Å². The van der Waals surface area contributed by atoms with Crippen LogP contribution in [0.4, 0.5) is 5.69 Å². The summed E-state index contributed by atoms with van der Waals surface area (Å²) in [5.41, 5.74) is 0.175. The first-order valence-corrected chi connectivity index (χ1v) is 5.69. The van der Waals surface area contributed by atoms with Crippen LogP contribution < -0.4 is 4.87 Å². The molecule has 0 radical (unpaired) electrons. The largest absolute Gasteiger partial charge is 0.314 e. The van der Waals surface area contributed by atoms with E-state index in [1.165, 1.54) is 18.2 Å². The van der Waals surface area contributed by atoms with Gasteiger partial charge in [0.25, 0.3) is 5.69 Å². The summed E-state index contributed by atoms with van der Waals surface area (Å²) in [4.78, 5) is 32.9. The van der Waals surface area contributed by atoms with E-state index in [4.69, 9.17) is 0 Å². The fourth-order valence-corrected chi connectivity index (χ4v) is 2.38. The average Bonchev–Trinajstić information content (AvgIpc) is 2.62. The molecule has 0 saturated heterocycles. The Morgan fingerprint density at radius 1 is 1.53 bits per heavy atom. The summed E-state index contributed by atoms with van der Waals surface area (Å²) in [7, 11) is 0. The lowest BCUT2D eigenvalue weighted by Crippen LogP contribution is -2.20. The first kappa shape index (κ1) is 11.5. The summed E-state index contributed by atoms with van der Waals surface area (Å²) >= 11 is 0.907. The van der Waals surface area contributed by atoms with Crippen LogP contribution in [0.1, 0.15) is 18.1 Å². The first-order valence-electron chi connectivity index (χ1n) is 4.87. The molecule has 1 heterocycles. The SMILES string of the molecule is CCC(=O)n1c(=O)sc2ccc([N+](=O)[O-])cc21. The molecule has 2 rings (SSSR count). The zero-order chi connectivity index (χ0) is 12.6. The molecule has 0 saturated carbocycles. The van der Waals surface area contributed by atoms with E-state index < -0.39 is 9.80 Å². The lowest BCUT2D eigenvalue weighted by molar-refractivity contribution is -0.384. The average molecular weight is 252 g/mol. The van der Waals surface area contributed by atoms with Gasteiger partial charge in [0, 0.05) is 18.6 Å². The van der Waals surface area contributed by atoms with Crippen LogP contribution in [0.15, 0.2) is 23.0 Å². The van der Waals surface area contributed by atoms with Crippen LogP contribution in [0.25, 0.3) is 10.2 Å². The number of aromatic nitrogens is 1. The summed E-state index contributed by atoms with van der Waals surface area (Å²) in [6.45, 7) is 1.63. The molecule has 7 heteroatoms. The second kappa shape index (κ2) is 4.10. The molecule has 0 bridgehead atoms. The number of nitro benzene ring substituents is 1. The molecule has 0 fully saturated rings. The molecule has 0 atom stereocenters. The number of hydrogen-bond acceptors (Lipinski definition) is 5. The van der Waals surface area contributed by atoms with Gasteiger partial charge in [0.05, 0.1) is 15.1 Å². The van der Waals surface area contributed by atoms with Gasteiger partial charge in [0.15, 0.2) is 0 Å². The number of fused-ring (bicyclic) bond motifs is 1. The van der Waals surface area contributed by atoms with Crippen molar-refractivity contribution in [2.75, 3.05) is 0 Å². The minimum Gasteiger partial charge on any atom is -0.274 e. The van der Waals surface area contributed by atoms with Gasteiger partial charge in [-0.1, -0.05) is 18.3 Å². The Morgan fingerprint density at radius 2 is 2.24 bits per heavy atom. The summed E-state index contributed by atoms with van der Waals surface area (Å²) < 4.78 is 1.56. The van der Waals surface area contributed by atoms with Crippen LogP contribution in [0.2, 0.25) is 0 Å². The van der Waals surface area contributed by atoms with Crippen molar-refractivity contribution in [3.63, 3.8) is 0 Å². The molecule has 0 unspecified atom stereocenters. The van der Waals surface area contributed by atoms with E-state index in [2.05, 4.69) is 0 Å². The van der Waals surface area contributed by atoms with Crippen molar-refractivity contribution in [2.45, 2.75) is 13.3 Å². The van der Waals surface area contributed by atoms with Crippen molar-refractivity contribution in [1.29, 1.82) is 0 Å². The lowest BCUT2D eigenvalue weighted by Gasteiger charge is -1.99. The molecular weight excluding hydrogens is 244 g/mol. The molecule has 1 aromatic carbocycles. The van der Waals surface area contributed by atoms with E-state index in [0.29, 0.717) is 10.2 Å². The number of thiazole rings is 1. The number of nitrogens with zero attached hydrogens (tertiary/aromatic N) is 2. The van der Waals surface area contributed by atoms with Crippen LogP contribution >= 0.6 is 11.3 Å². The highest BCUT2D eigenvalue weighted by Gasteiger charge is 2.16. The molecule has 0 N–H and O–H groups in total. The van der Waals surface area contributed by atoms with Gasteiger partial charge in [-0.15, -0.1) is 0 Å². The van der Waals surface area contributed by atoms with Gasteiger partial charge in [-0.05, 0) is 6.07 Å². The Balaban J connectivity index is 2.78. The highest BCUT2D eigenvalue weighted by atomic mass is 32.1. The minimum atomic E-state index is -0.553. The zero-order valence-corrected chi connectivity index (χ0v) is 9.69. The number of benzene rings is 1. The van der Waals surface area contributed by atoms with Crippen molar-refractivity contribution in [1.82, 2.24) is 4.57 Å². The van der Waals surface area contributed by atoms with Crippen molar-refractivity contribution in [3.05, 3.63) is 38.0 Å². The second-order valence-electron chi connectivity index (χ2n) is 3.36. The third-order valence-electron chi connectivity index (χ3n) is 2.33. The van der Waals surface area contributed by atoms with Gasteiger partial charge < -0.3 is 0 Å². The van der Waals surface area contributed by atoms with Crippen LogP contribution in [-0.2, 0) is 0 Å². The van der Waals surface area contributed by atoms with Gasteiger partial charge in [-0.3, -0.25) is 19.7 Å². The molecule has 6 nitrogen and oxygen atoms in total. The van der Waals surface area contributed by atoms with E-state index in [1.807, 2.05) is 0 Å². The van der Waals surface area contributed by atoms with Crippen LogP contribution in [-0.4, -0.2) is 15.4 Å². The predicted octanol–water partition coefficient (Wildman–Crippen LogP) is 2.02. The molecule has 17 heavy (non-hydrogen) atoms. The Morgan fingerprint density at radius 3 is 2.82 bits per heavy atom. The predicted molar refractivity (Wildman–Crippen MR) is 63.7 cm³/mol. The third kappa shape index (κ3) is 1.84. The van der Waals surface area contributed by atoms with Crippen molar-refractivity contribution < 1.29 is 9.72 Å². The second-order valence-corrected chi connectivity index (χ2v) is 4.35. The molecule has 2 aromatic rings. The Bertz CT molecular complexity index is 670. The monoisotopic (exact) mass is 252 g/mol. The van der Waals surface area contributed by atoms with Crippen molar-refractivity contribution in [3.8, 4) is 0 Å². The molecule has 0 amide bonds. The molecular formula is C10H8N2O4S. The summed E-state index contributed by atoms with van der Waals surface area (Å²) in [6.07, 6.45) is 0.175. The number of carbonyl (C=O) groups is 1. The van der Waals surface area contributed by atoms with E-state index in [9.17, 15) is 19.7 Å². The van der Waals surface area contributed by atoms with Crippen molar-refractivity contribution >= 4 is 33.1 Å². The van der Waals surface area contributed by atoms with Crippen LogP contribution in [0.5, 0.6) is 0 Å². The number of hydrogen-bond donors (Lipinski definition) is 0.